The number of carbonyl (C=O) groups is 1. The van der Waals surface area contributed by atoms with Crippen molar-refractivity contribution in [3.05, 3.63) is 47.5 Å². The summed E-state index contributed by atoms with van der Waals surface area (Å²) in [6.45, 7) is 7.27. The van der Waals surface area contributed by atoms with E-state index in [4.69, 9.17) is 9.47 Å². The van der Waals surface area contributed by atoms with E-state index in [1.807, 2.05) is 33.8 Å². The number of hydrogen-bond acceptors (Lipinski definition) is 5. The second kappa shape index (κ2) is 9.84. The van der Waals surface area contributed by atoms with Gasteiger partial charge in [0.25, 0.3) is 10.0 Å². The third-order valence-electron chi connectivity index (χ3n) is 4.74. The molecule has 1 atom stereocenters. The van der Waals surface area contributed by atoms with E-state index >= 15 is 0 Å². The number of ether oxygens (including phenoxy) is 2. The molecule has 0 aliphatic heterocycles. The van der Waals surface area contributed by atoms with Crippen LogP contribution in [-0.4, -0.2) is 41.1 Å². The summed E-state index contributed by atoms with van der Waals surface area (Å²) in [6.07, 6.45) is 0.748. The van der Waals surface area contributed by atoms with Crippen LogP contribution in [0.3, 0.4) is 0 Å². The first-order valence-electron chi connectivity index (χ1n) is 9.74. The van der Waals surface area contributed by atoms with Gasteiger partial charge in [-0.25, -0.2) is 8.42 Å². The third kappa shape index (κ3) is 5.44. The van der Waals surface area contributed by atoms with Crippen LogP contribution in [0.25, 0.3) is 0 Å². The lowest BCUT2D eigenvalue weighted by Crippen LogP contribution is -2.43. The summed E-state index contributed by atoms with van der Waals surface area (Å²) in [5, 5.41) is 2.83. The van der Waals surface area contributed by atoms with Crippen LogP contribution in [0.5, 0.6) is 11.5 Å². The van der Waals surface area contributed by atoms with Crippen molar-refractivity contribution < 1.29 is 22.7 Å². The minimum atomic E-state index is -4.05. The molecule has 2 rings (SSSR count). The number of benzene rings is 2. The Bertz CT molecular complexity index is 984. The molecule has 0 aromatic heterocycles. The normalized spacial score (nSPS) is 12.2. The maximum Gasteiger partial charge on any atom is 0.264 e. The number of methoxy groups -OCH3 is 2. The first-order valence-corrected chi connectivity index (χ1v) is 11.2. The lowest BCUT2D eigenvalue weighted by atomic mass is 10.1. The van der Waals surface area contributed by atoms with Crippen LogP contribution in [0.1, 0.15) is 31.4 Å². The van der Waals surface area contributed by atoms with Crippen molar-refractivity contribution in [3.8, 4) is 11.5 Å². The predicted octanol–water partition coefficient (Wildman–Crippen LogP) is 3.43. The van der Waals surface area contributed by atoms with E-state index in [0.29, 0.717) is 17.2 Å². The van der Waals surface area contributed by atoms with E-state index in [2.05, 4.69) is 5.32 Å². The molecule has 8 heteroatoms. The first kappa shape index (κ1) is 23.5. The maximum absolute atomic E-state index is 13.6. The van der Waals surface area contributed by atoms with Crippen molar-refractivity contribution in [2.24, 2.45) is 0 Å². The van der Waals surface area contributed by atoms with E-state index in [-0.39, 0.29) is 23.4 Å². The van der Waals surface area contributed by atoms with E-state index in [1.54, 1.807) is 12.1 Å². The molecular formula is C22H30N2O5S. The maximum atomic E-state index is 13.6. The number of nitrogens with zero attached hydrogens (tertiary/aromatic N) is 1. The number of nitrogens with one attached hydrogen (secondary N) is 1. The van der Waals surface area contributed by atoms with Crippen molar-refractivity contribution in [2.75, 3.05) is 25.1 Å². The lowest BCUT2D eigenvalue weighted by molar-refractivity contribution is -0.120. The highest BCUT2D eigenvalue weighted by molar-refractivity contribution is 7.92. The number of sulfonamides is 1. The van der Waals surface area contributed by atoms with Gasteiger partial charge in [-0.1, -0.05) is 13.0 Å². The highest BCUT2D eigenvalue weighted by Gasteiger charge is 2.29. The van der Waals surface area contributed by atoms with E-state index in [9.17, 15) is 13.2 Å². The summed E-state index contributed by atoms with van der Waals surface area (Å²) in [5.41, 5.74) is 2.24. The highest BCUT2D eigenvalue weighted by Crippen LogP contribution is 2.32. The lowest BCUT2D eigenvalue weighted by Gasteiger charge is -2.26. The Labute approximate surface area is 179 Å². The van der Waals surface area contributed by atoms with Gasteiger partial charge in [-0.15, -0.1) is 0 Å². The van der Waals surface area contributed by atoms with E-state index in [1.165, 1.54) is 32.4 Å². The molecule has 2 aromatic carbocycles. The van der Waals surface area contributed by atoms with Crippen LogP contribution in [0, 0.1) is 13.8 Å². The smallest absolute Gasteiger partial charge is 0.264 e. The van der Waals surface area contributed by atoms with Crippen LogP contribution in [0.2, 0.25) is 0 Å². The largest absolute Gasteiger partial charge is 0.493 e. The Morgan fingerprint density at radius 1 is 1.03 bits per heavy atom. The van der Waals surface area contributed by atoms with E-state index < -0.39 is 10.0 Å². The van der Waals surface area contributed by atoms with Crippen LogP contribution in [0.15, 0.2) is 41.3 Å². The summed E-state index contributed by atoms with van der Waals surface area (Å²) in [7, 11) is -1.13. The molecule has 0 heterocycles. The molecule has 1 N–H and O–H groups in total. The van der Waals surface area contributed by atoms with E-state index in [0.717, 1.165) is 21.9 Å². The first-order chi connectivity index (χ1) is 14.1. The molecule has 0 spiro atoms. The molecule has 30 heavy (non-hydrogen) atoms. The Morgan fingerprint density at radius 2 is 1.63 bits per heavy atom. The van der Waals surface area contributed by atoms with Gasteiger partial charge in [0, 0.05) is 12.1 Å². The fraction of sp³-hybridized carbons (Fsp3) is 0.409. The van der Waals surface area contributed by atoms with Gasteiger partial charge in [-0.3, -0.25) is 9.10 Å². The van der Waals surface area contributed by atoms with Crippen LogP contribution < -0.4 is 19.1 Å². The zero-order chi connectivity index (χ0) is 22.5. The monoisotopic (exact) mass is 434 g/mol. The van der Waals surface area contributed by atoms with Gasteiger partial charge in [-0.2, -0.15) is 0 Å². The van der Waals surface area contributed by atoms with Gasteiger partial charge in [-0.05, 0) is 62.6 Å². The predicted molar refractivity (Wildman–Crippen MR) is 118 cm³/mol. The average Bonchev–Trinajstić information content (AvgIpc) is 2.70. The van der Waals surface area contributed by atoms with Crippen molar-refractivity contribution in [2.45, 2.75) is 45.1 Å². The standard InChI is InChI=1S/C22H30N2O5S/c1-7-17(4)23-22(25)14-24(18-11-15(2)10-16(3)12-18)30(26,27)19-8-9-20(28-5)21(13-19)29-6/h8-13,17H,7,14H2,1-6H3,(H,23,25). The SMILES string of the molecule is CCC(C)NC(=O)CN(c1cc(C)cc(C)c1)S(=O)(=O)c1ccc(OC)c(OC)c1. The van der Waals surface area contributed by atoms with Gasteiger partial charge < -0.3 is 14.8 Å². The molecule has 0 radical (unpaired) electrons. The van der Waals surface area contributed by atoms with Gasteiger partial charge in [0.15, 0.2) is 11.5 Å². The topological polar surface area (TPSA) is 84.9 Å². The third-order valence-corrected chi connectivity index (χ3v) is 6.51. The molecule has 7 nitrogen and oxygen atoms in total. The Morgan fingerprint density at radius 3 is 2.17 bits per heavy atom. The van der Waals surface area contributed by atoms with Crippen LogP contribution >= 0.6 is 0 Å². The minimum absolute atomic E-state index is 0.00986. The number of amides is 1. The Hall–Kier alpha value is -2.74. The Balaban J connectivity index is 2.55. The molecule has 2 aromatic rings. The molecule has 0 fully saturated rings. The quantitative estimate of drug-likeness (QED) is 0.654. The number of rotatable bonds is 9. The second-order valence-electron chi connectivity index (χ2n) is 7.25. The zero-order valence-electron chi connectivity index (χ0n) is 18.4. The van der Waals surface area contributed by atoms with Crippen LogP contribution in [0.4, 0.5) is 5.69 Å². The highest BCUT2D eigenvalue weighted by atomic mass is 32.2. The zero-order valence-corrected chi connectivity index (χ0v) is 19.2. The molecule has 0 bridgehead atoms. The summed E-state index contributed by atoms with van der Waals surface area (Å²) >= 11 is 0. The second-order valence-corrected chi connectivity index (χ2v) is 9.11. The molecule has 1 unspecified atom stereocenters. The molecular weight excluding hydrogens is 404 g/mol. The Kier molecular flexibility index (Phi) is 7.72. The number of carbonyl (C=O) groups excluding carboxylic acids is 1. The van der Waals surface area contributed by atoms with Gasteiger partial charge >= 0.3 is 0 Å². The fourth-order valence-electron chi connectivity index (χ4n) is 3.07. The summed E-state index contributed by atoms with van der Waals surface area (Å²) in [4.78, 5) is 12.6. The summed E-state index contributed by atoms with van der Waals surface area (Å²) < 4.78 is 38.7. The molecule has 0 saturated heterocycles. The fourth-order valence-corrected chi connectivity index (χ4v) is 4.49. The van der Waals surface area contributed by atoms with Gasteiger partial charge in [0.1, 0.15) is 6.54 Å². The number of hydrogen-bond donors (Lipinski definition) is 1. The molecule has 0 saturated carbocycles. The average molecular weight is 435 g/mol. The van der Waals surface area contributed by atoms with Gasteiger partial charge in [0.2, 0.25) is 5.91 Å². The van der Waals surface area contributed by atoms with Crippen LogP contribution in [-0.2, 0) is 14.8 Å². The molecule has 1 amide bonds. The summed E-state index contributed by atoms with van der Waals surface area (Å²) in [6, 6.07) is 9.77. The van der Waals surface area contributed by atoms with Gasteiger partial charge in [0.05, 0.1) is 24.8 Å². The van der Waals surface area contributed by atoms with Crippen molar-refractivity contribution >= 4 is 21.6 Å². The summed E-state index contributed by atoms with van der Waals surface area (Å²) in [5.74, 6) is 0.347. The van der Waals surface area contributed by atoms with Crippen molar-refractivity contribution in [1.29, 1.82) is 0 Å². The molecule has 0 aliphatic rings. The van der Waals surface area contributed by atoms with Crippen molar-refractivity contribution in [1.82, 2.24) is 5.32 Å². The van der Waals surface area contributed by atoms with Crippen molar-refractivity contribution in [3.63, 3.8) is 0 Å². The molecule has 0 aliphatic carbocycles. The minimum Gasteiger partial charge on any atom is -0.493 e. The molecule has 164 valence electrons. The number of anilines is 1. The number of aryl methyl sites for hydroxylation is 2.